The summed E-state index contributed by atoms with van der Waals surface area (Å²) < 4.78 is 37.1. The first-order valence-electron chi connectivity index (χ1n) is 5.83. The van der Waals surface area contributed by atoms with Crippen molar-refractivity contribution in [3.05, 3.63) is 35.4 Å². The predicted molar refractivity (Wildman–Crippen MR) is 65.2 cm³/mol. The Morgan fingerprint density at radius 3 is 2.29 bits per heavy atom. The highest BCUT2D eigenvalue weighted by Crippen LogP contribution is 2.29. The molecule has 0 saturated carbocycles. The first-order chi connectivity index (χ1) is 9.75. The summed E-state index contributed by atoms with van der Waals surface area (Å²) in [6, 6.07) is 3.88. The maximum absolute atomic E-state index is 12.4. The lowest BCUT2D eigenvalue weighted by atomic mass is 10.1. The van der Waals surface area contributed by atoms with Gasteiger partial charge < -0.3 is 10.4 Å². The summed E-state index contributed by atoms with van der Waals surface area (Å²) in [7, 11) is 0. The second-order valence-corrected chi connectivity index (χ2v) is 4.14. The van der Waals surface area contributed by atoms with Gasteiger partial charge in [0, 0.05) is 12.0 Å². The highest BCUT2D eigenvalue weighted by molar-refractivity contribution is 5.96. The Morgan fingerprint density at radius 1 is 1.29 bits per heavy atom. The molecular formula is C13H11F3N2O3. The highest BCUT2D eigenvalue weighted by atomic mass is 19.4. The number of rotatable bonds is 5. The van der Waals surface area contributed by atoms with Crippen LogP contribution in [0.2, 0.25) is 0 Å². The van der Waals surface area contributed by atoms with Crippen LogP contribution in [-0.2, 0) is 11.0 Å². The van der Waals surface area contributed by atoms with Crippen LogP contribution in [0.15, 0.2) is 24.3 Å². The fraction of sp³-hybridized carbons (Fsp3) is 0.308. The molecule has 1 aromatic rings. The average Bonchev–Trinajstić information content (AvgIpc) is 2.42. The zero-order chi connectivity index (χ0) is 16.0. The van der Waals surface area contributed by atoms with Gasteiger partial charge in [-0.2, -0.15) is 18.4 Å². The van der Waals surface area contributed by atoms with Crippen molar-refractivity contribution in [3.63, 3.8) is 0 Å². The van der Waals surface area contributed by atoms with Gasteiger partial charge in [-0.1, -0.05) is 0 Å². The van der Waals surface area contributed by atoms with Gasteiger partial charge in [0.1, 0.15) is 6.04 Å². The molecule has 8 heteroatoms. The molecule has 0 bridgehead atoms. The molecule has 2 N–H and O–H groups in total. The zero-order valence-corrected chi connectivity index (χ0v) is 10.6. The van der Waals surface area contributed by atoms with Crippen LogP contribution in [-0.4, -0.2) is 23.0 Å². The number of carbonyl (C=O) groups is 2. The smallest absolute Gasteiger partial charge is 0.416 e. The summed E-state index contributed by atoms with van der Waals surface area (Å²) in [5.74, 6) is -2.13. The Bertz CT molecular complexity index is 562. The van der Waals surface area contributed by atoms with Gasteiger partial charge in [0.25, 0.3) is 5.91 Å². The molecule has 0 aromatic heterocycles. The number of carbonyl (C=O) groups excluding carboxylic acids is 1. The van der Waals surface area contributed by atoms with Crippen molar-refractivity contribution in [1.82, 2.24) is 5.32 Å². The lowest BCUT2D eigenvalue weighted by molar-refractivity contribution is -0.139. The van der Waals surface area contributed by atoms with Crippen molar-refractivity contribution in [2.45, 2.75) is 25.1 Å². The molecule has 1 amide bonds. The molecule has 21 heavy (non-hydrogen) atoms. The van der Waals surface area contributed by atoms with E-state index in [2.05, 4.69) is 5.32 Å². The van der Waals surface area contributed by atoms with E-state index in [1.807, 2.05) is 0 Å². The Labute approximate surface area is 118 Å². The summed E-state index contributed by atoms with van der Waals surface area (Å²) >= 11 is 0. The van der Waals surface area contributed by atoms with Crippen LogP contribution in [0.4, 0.5) is 13.2 Å². The summed E-state index contributed by atoms with van der Waals surface area (Å²) in [6.45, 7) is 0. The number of nitriles is 1. The Kier molecular flexibility index (Phi) is 5.30. The minimum absolute atomic E-state index is 0.0652. The lowest BCUT2D eigenvalue weighted by Gasteiger charge is -2.13. The van der Waals surface area contributed by atoms with Crippen molar-refractivity contribution >= 4 is 11.9 Å². The van der Waals surface area contributed by atoms with Crippen molar-refractivity contribution in [1.29, 1.82) is 5.26 Å². The molecule has 0 heterocycles. The zero-order valence-electron chi connectivity index (χ0n) is 10.6. The number of nitrogens with one attached hydrogen (secondary N) is 1. The number of carboxylic acids is 1. The third-order valence-corrected chi connectivity index (χ3v) is 2.62. The van der Waals surface area contributed by atoms with Crippen molar-refractivity contribution in [2.75, 3.05) is 0 Å². The van der Waals surface area contributed by atoms with E-state index in [0.717, 1.165) is 24.3 Å². The Morgan fingerprint density at radius 2 is 1.86 bits per heavy atom. The molecule has 1 rings (SSSR count). The number of benzene rings is 1. The largest absolute Gasteiger partial charge is 0.480 e. The van der Waals surface area contributed by atoms with Crippen LogP contribution in [0.5, 0.6) is 0 Å². The second kappa shape index (κ2) is 6.74. The molecule has 5 nitrogen and oxygen atoms in total. The minimum atomic E-state index is -4.51. The van der Waals surface area contributed by atoms with Crippen molar-refractivity contribution in [3.8, 4) is 6.07 Å². The number of hydrogen-bond acceptors (Lipinski definition) is 3. The molecule has 0 unspecified atom stereocenters. The maximum Gasteiger partial charge on any atom is 0.416 e. The number of aliphatic carboxylic acids is 1. The van der Waals surface area contributed by atoms with Gasteiger partial charge in [-0.15, -0.1) is 0 Å². The van der Waals surface area contributed by atoms with Gasteiger partial charge in [0.2, 0.25) is 0 Å². The summed E-state index contributed by atoms with van der Waals surface area (Å²) in [6.07, 6.45) is -4.66. The normalized spacial score (nSPS) is 12.3. The lowest BCUT2D eigenvalue weighted by Crippen LogP contribution is -2.40. The molecule has 112 valence electrons. The SMILES string of the molecule is N#CCC[C@H](NC(=O)c1ccc(C(F)(F)F)cc1)C(=O)O. The summed E-state index contributed by atoms with van der Waals surface area (Å²) in [5.41, 5.74) is -0.996. The molecule has 0 saturated heterocycles. The monoisotopic (exact) mass is 300 g/mol. The van der Waals surface area contributed by atoms with Crippen LogP contribution in [0, 0.1) is 11.3 Å². The van der Waals surface area contributed by atoms with E-state index in [0.29, 0.717) is 0 Å². The van der Waals surface area contributed by atoms with Gasteiger partial charge in [-0.25, -0.2) is 4.79 Å². The van der Waals surface area contributed by atoms with E-state index < -0.39 is 29.7 Å². The highest BCUT2D eigenvalue weighted by Gasteiger charge is 2.30. The fourth-order valence-corrected chi connectivity index (χ4v) is 1.52. The van der Waals surface area contributed by atoms with Gasteiger partial charge in [-0.05, 0) is 30.7 Å². The third-order valence-electron chi connectivity index (χ3n) is 2.62. The molecule has 1 atom stereocenters. The van der Waals surface area contributed by atoms with E-state index in [-0.39, 0.29) is 18.4 Å². The number of nitrogens with zero attached hydrogens (tertiary/aromatic N) is 1. The van der Waals surface area contributed by atoms with Gasteiger partial charge in [0.05, 0.1) is 11.6 Å². The predicted octanol–water partition coefficient (Wildman–Crippen LogP) is 2.19. The van der Waals surface area contributed by atoms with E-state index in [1.165, 1.54) is 0 Å². The third kappa shape index (κ3) is 4.80. The van der Waals surface area contributed by atoms with E-state index in [1.54, 1.807) is 6.07 Å². The van der Waals surface area contributed by atoms with E-state index in [4.69, 9.17) is 10.4 Å². The number of amides is 1. The number of halogens is 3. The number of alkyl halides is 3. The molecular weight excluding hydrogens is 289 g/mol. The molecule has 1 aromatic carbocycles. The molecule has 0 aliphatic heterocycles. The minimum Gasteiger partial charge on any atom is -0.480 e. The van der Waals surface area contributed by atoms with Gasteiger partial charge in [-0.3, -0.25) is 4.79 Å². The fourth-order valence-electron chi connectivity index (χ4n) is 1.52. The molecule has 0 spiro atoms. The van der Waals surface area contributed by atoms with Crippen LogP contribution in [0.3, 0.4) is 0 Å². The first kappa shape index (κ1) is 16.5. The van der Waals surface area contributed by atoms with Crippen molar-refractivity contribution < 1.29 is 27.9 Å². The quantitative estimate of drug-likeness (QED) is 0.872. The van der Waals surface area contributed by atoms with Crippen LogP contribution in [0.1, 0.15) is 28.8 Å². The molecule has 0 fully saturated rings. The topological polar surface area (TPSA) is 90.2 Å². The van der Waals surface area contributed by atoms with Crippen LogP contribution < -0.4 is 5.32 Å². The standard InChI is InChI=1S/C13H11F3N2O3/c14-13(15,16)9-5-3-8(4-6-9)11(19)18-10(12(20)21)2-1-7-17/h3-6,10H,1-2H2,(H,18,19)(H,20,21)/t10-/m0/s1. The van der Waals surface area contributed by atoms with Gasteiger partial charge >= 0.3 is 12.1 Å². The molecule has 0 aliphatic carbocycles. The van der Waals surface area contributed by atoms with Crippen LogP contribution >= 0.6 is 0 Å². The molecule has 0 radical (unpaired) electrons. The first-order valence-corrected chi connectivity index (χ1v) is 5.83. The molecule has 0 aliphatic rings. The van der Waals surface area contributed by atoms with Crippen LogP contribution in [0.25, 0.3) is 0 Å². The van der Waals surface area contributed by atoms with E-state index in [9.17, 15) is 22.8 Å². The number of carboxylic acid groups (broad SMARTS) is 1. The average molecular weight is 300 g/mol. The summed E-state index contributed by atoms with van der Waals surface area (Å²) in [4.78, 5) is 22.6. The van der Waals surface area contributed by atoms with Crippen molar-refractivity contribution in [2.24, 2.45) is 0 Å². The van der Waals surface area contributed by atoms with E-state index >= 15 is 0 Å². The van der Waals surface area contributed by atoms with Gasteiger partial charge in [0.15, 0.2) is 0 Å². The summed E-state index contributed by atoms with van der Waals surface area (Å²) in [5, 5.41) is 19.4. The second-order valence-electron chi connectivity index (χ2n) is 4.14. The number of hydrogen-bond donors (Lipinski definition) is 2. The Balaban J connectivity index is 2.79. The maximum atomic E-state index is 12.4. The Hall–Kier alpha value is -2.56.